The second-order valence-corrected chi connectivity index (χ2v) is 4.52. The van der Waals surface area contributed by atoms with Crippen molar-refractivity contribution in [3.63, 3.8) is 0 Å². The molecule has 1 amide bonds. The van der Waals surface area contributed by atoms with E-state index in [4.69, 9.17) is 0 Å². The summed E-state index contributed by atoms with van der Waals surface area (Å²) in [5.74, 6) is 0.0768. The molecule has 1 rings (SSSR count). The van der Waals surface area contributed by atoms with Crippen LogP contribution in [0.4, 0.5) is 0 Å². The lowest BCUT2D eigenvalue weighted by atomic mass is 9.87. The Balaban J connectivity index is 2.47. The van der Waals surface area contributed by atoms with Gasteiger partial charge in [-0.1, -0.05) is 27.2 Å². The van der Waals surface area contributed by atoms with E-state index in [1.54, 1.807) is 12.3 Å². The van der Waals surface area contributed by atoms with Crippen molar-refractivity contribution >= 4 is 5.91 Å². The molecule has 0 saturated heterocycles. The van der Waals surface area contributed by atoms with Gasteiger partial charge in [0.1, 0.15) is 6.33 Å². The molecule has 1 N–H and O–H groups in total. The molecule has 1 aromatic heterocycles. The summed E-state index contributed by atoms with van der Waals surface area (Å²) in [6.07, 6.45) is 5.06. The van der Waals surface area contributed by atoms with Gasteiger partial charge in [-0.2, -0.15) is 0 Å². The molecule has 0 bridgehead atoms. The van der Waals surface area contributed by atoms with Crippen molar-refractivity contribution < 1.29 is 4.79 Å². The van der Waals surface area contributed by atoms with Gasteiger partial charge >= 0.3 is 0 Å². The monoisotopic (exact) mass is 221 g/mol. The molecule has 0 radical (unpaired) electrons. The van der Waals surface area contributed by atoms with Gasteiger partial charge in [-0.15, -0.1) is 0 Å². The van der Waals surface area contributed by atoms with Crippen molar-refractivity contribution in [3.05, 3.63) is 24.3 Å². The summed E-state index contributed by atoms with van der Waals surface area (Å²) in [6.45, 7) is 6.48. The van der Waals surface area contributed by atoms with E-state index in [2.05, 4.69) is 22.2 Å². The minimum absolute atomic E-state index is 0.0768. The lowest BCUT2D eigenvalue weighted by Gasteiger charge is -2.22. The van der Waals surface area contributed by atoms with Crippen molar-refractivity contribution in [2.45, 2.75) is 40.2 Å². The zero-order valence-corrected chi connectivity index (χ0v) is 10.2. The van der Waals surface area contributed by atoms with E-state index in [0.717, 1.165) is 18.5 Å². The second kappa shape index (κ2) is 5.58. The first kappa shape index (κ1) is 12.6. The third-order valence-electron chi connectivity index (χ3n) is 2.56. The van der Waals surface area contributed by atoms with E-state index in [9.17, 15) is 4.79 Å². The minimum Gasteiger partial charge on any atom is -0.350 e. The van der Waals surface area contributed by atoms with E-state index in [-0.39, 0.29) is 11.3 Å². The molecule has 0 aromatic carbocycles. The highest BCUT2D eigenvalue weighted by Gasteiger charge is 2.25. The number of rotatable bonds is 5. The average Bonchev–Trinajstić information content (AvgIpc) is 2.27. The molecule has 0 atom stereocenters. The maximum absolute atomic E-state index is 11.9. The molecule has 0 saturated carbocycles. The van der Waals surface area contributed by atoms with Gasteiger partial charge in [-0.25, -0.2) is 9.97 Å². The minimum atomic E-state index is -0.304. The Kier molecular flexibility index (Phi) is 4.40. The van der Waals surface area contributed by atoms with Crippen LogP contribution in [0.3, 0.4) is 0 Å². The van der Waals surface area contributed by atoms with Crippen LogP contribution >= 0.6 is 0 Å². The Morgan fingerprint density at radius 3 is 2.81 bits per heavy atom. The molecule has 4 nitrogen and oxygen atoms in total. The summed E-state index contributed by atoms with van der Waals surface area (Å²) >= 11 is 0. The molecule has 0 aliphatic heterocycles. The molecule has 1 aromatic rings. The zero-order chi connectivity index (χ0) is 12.0. The van der Waals surface area contributed by atoms with Crippen LogP contribution in [0, 0.1) is 5.41 Å². The van der Waals surface area contributed by atoms with Crippen LogP contribution in [0.15, 0.2) is 18.6 Å². The lowest BCUT2D eigenvalue weighted by molar-refractivity contribution is -0.129. The summed E-state index contributed by atoms with van der Waals surface area (Å²) in [4.78, 5) is 19.8. The molecule has 0 spiro atoms. The summed E-state index contributed by atoms with van der Waals surface area (Å²) in [7, 11) is 0. The zero-order valence-electron chi connectivity index (χ0n) is 10.2. The van der Waals surface area contributed by atoms with Crippen molar-refractivity contribution in [1.82, 2.24) is 15.3 Å². The van der Waals surface area contributed by atoms with Crippen LogP contribution in [-0.4, -0.2) is 15.9 Å². The molecule has 88 valence electrons. The fourth-order valence-corrected chi connectivity index (χ4v) is 1.57. The molecule has 0 unspecified atom stereocenters. The van der Waals surface area contributed by atoms with Crippen molar-refractivity contribution in [2.24, 2.45) is 5.41 Å². The molecular formula is C12H19N3O. The summed E-state index contributed by atoms with van der Waals surface area (Å²) in [5, 5.41) is 2.89. The van der Waals surface area contributed by atoms with Gasteiger partial charge in [0.05, 0.1) is 12.2 Å². The second-order valence-electron chi connectivity index (χ2n) is 4.52. The SMILES string of the molecule is CCCC(C)(C)C(=O)NCc1ccncn1. The highest BCUT2D eigenvalue weighted by Crippen LogP contribution is 2.22. The van der Waals surface area contributed by atoms with Crippen LogP contribution in [0.25, 0.3) is 0 Å². The van der Waals surface area contributed by atoms with Crippen LogP contribution < -0.4 is 5.32 Å². The summed E-state index contributed by atoms with van der Waals surface area (Å²) < 4.78 is 0. The molecular weight excluding hydrogens is 202 g/mol. The first-order valence-electron chi connectivity index (χ1n) is 5.59. The fourth-order valence-electron chi connectivity index (χ4n) is 1.57. The maximum Gasteiger partial charge on any atom is 0.225 e. The standard InChI is InChI=1S/C12H19N3O/c1-4-6-12(2,3)11(16)14-8-10-5-7-13-9-15-10/h5,7,9H,4,6,8H2,1-3H3,(H,14,16). The van der Waals surface area contributed by atoms with Gasteiger partial charge in [0.15, 0.2) is 0 Å². The number of carbonyl (C=O) groups is 1. The Morgan fingerprint density at radius 1 is 1.50 bits per heavy atom. The van der Waals surface area contributed by atoms with Crippen LogP contribution in [0.2, 0.25) is 0 Å². The van der Waals surface area contributed by atoms with Crippen molar-refractivity contribution in [1.29, 1.82) is 0 Å². The van der Waals surface area contributed by atoms with Crippen LogP contribution in [0.5, 0.6) is 0 Å². The average molecular weight is 221 g/mol. The Morgan fingerprint density at radius 2 is 2.25 bits per heavy atom. The number of hydrogen-bond acceptors (Lipinski definition) is 3. The largest absolute Gasteiger partial charge is 0.350 e. The third kappa shape index (κ3) is 3.61. The van der Waals surface area contributed by atoms with Crippen LogP contribution in [0.1, 0.15) is 39.3 Å². The normalized spacial score (nSPS) is 11.2. The van der Waals surface area contributed by atoms with E-state index < -0.39 is 0 Å². The Labute approximate surface area is 96.5 Å². The van der Waals surface area contributed by atoms with Crippen LogP contribution in [-0.2, 0) is 11.3 Å². The van der Waals surface area contributed by atoms with E-state index in [1.165, 1.54) is 6.33 Å². The highest BCUT2D eigenvalue weighted by molar-refractivity contribution is 5.81. The van der Waals surface area contributed by atoms with E-state index in [0.29, 0.717) is 6.54 Å². The van der Waals surface area contributed by atoms with E-state index >= 15 is 0 Å². The van der Waals surface area contributed by atoms with Crippen molar-refractivity contribution in [3.8, 4) is 0 Å². The maximum atomic E-state index is 11.9. The first-order chi connectivity index (χ1) is 7.56. The number of aromatic nitrogens is 2. The smallest absolute Gasteiger partial charge is 0.225 e. The molecule has 4 heteroatoms. The van der Waals surface area contributed by atoms with Gasteiger partial charge in [-0.3, -0.25) is 4.79 Å². The molecule has 1 heterocycles. The quantitative estimate of drug-likeness (QED) is 0.826. The van der Waals surface area contributed by atoms with E-state index in [1.807, 2.05) is 13.8 Å². The molecule has 0 fully saturated rings. The highest BCUT2D eigenvalue weighted by atomic mass is 16.2. The number of carbonyl (C=O) groups excluding carboxylic acids is 1. The number of nitrogens with one attached hydrogen (secondary N) is 1. The van der Waals surface area contributed by atoms with Crippen molar-refractivity contribution in [2.75, 3.05) is 0 Å². The Bertz CT molecular complexity index is 335. The molecule has 16 heavy (non-hydrogen) atoms. The van der Waals surface area contributed by atoms with Gasteiger partial charge in [0.25, 0.3) is 0 Å². The number of amides is 1. The number of nitrogens with zero attached hydrogens (tertiary/aromatic N) is 2. The van der Waals surface area contributed by atoms with Gasteiger partial charge < -0.3 is 5.32 Å². The van der Waals surface area contributed by atoms with Gasteiger partial charge in [-0.05, 0) is 12.5 Å². The topological polar surface area (TPSA) is 54.9 Å². The molecule has 0 aliphatic carbocycles. The number of hydrogen-bond donors (Lipinski definition) is 1. The predicted molar refractivity (Wildman–Crippen MR) is 62.6 cm³/mol. The fraction of sp³-hybridized carbons (Fsp3) is 0.583. The first-order valence-corrected chi connectivity index (χ1v) is 5.59. The predicted octanol–water partition coefficient (Wildman–Crippen LogP) is 1.92. The van der Waals surface area contributed by atoms with Gasteiger partial charge in [0, 0.05) is 11.6 Å². The Hall–Kier alpha value is -1.45. The lowest BCUT2D eigenvalue weighted by Crippen LogP contribution is -2.36. The third-order valence-corrected chi connectivity index (χ3v) is 2.56. The van der Waals surface area contributed by atoms with Gasteiger partial charge in [0.2, 0.25) is 5.91 Å². The summed E-state index contributed by atoms with van der Waals surface area (Å²) in [6, 6.07) is 1.80. The summed E-state index contributed by atoms with van der Waals surface area (Å²) in [5.41, 5.74) is 0.526. The molecule has 0 aliphatic rings.